The summed E-state index contributed by atoms with van der Waals surface area (Å²) in [5, 5.41) is 2.66. The summed E-state index contributed by atoms with van der Waals surface area (Å²) in [5.41, 5.74) is 1.55. The third-order valence-corrected chi connectivity index (χ3v) is 5.51. The van der Waals surface area contributed by atoms with Crippen molar-refractivity contribution < 1.29 is 17.6 Å². The number of benzene rings is 2. The number of fused-ring (bicyclic) bond motifs is 1. The number of hydrogen-bond acceptors (Lipinski definition) is 3. The number of aryl methyl sites for hydroxylation is 1. The second kappa shape index (κ2) is 5.53. The molecule has 0 saturated carbocycles. The molecular weight excluding hydrogens is 305 g/mol. The summed E-state index contributed by atoms with van der Waals surface area (Å²) in [6.07, 6.45) is 1.21. The molecule has 0 aliphatic carbocycles. The summed E-state index contributed by atoms with van der Waals surface area (Å²) >= 11 is 0. The predicted octanol–water partition coefficient (Wildman–Crippen LogP) is 2.80. The van der Waals surface area contributed by atoms with Crippen LogP contribution in [-0.4, -0.2) is 20.1 Å². The quantitative estimate of drug-likeness (QED) is 0.926. The largest absolute Gasteiger partial charge is 0.322 e. The molecule has 1 N–H and O–H groups in total. The lowest BCUT2D eigenvalue weighted by atomic mass is 10.1. The van der Waals surface area contributed by atoms with Gasteiger partial charge >= 0.3 is 0 Å². The molecular formula is C16H14FNO3S. The van der Waals surface area contributed by atoms with Gasteiger partial charge in [-0.3, -0.25) is 4.79 Å². The zero-order valence-electron chi connectivity index (χ0n) is 11.7. The van der Waals surface area contributed by atoms with E-state index in [1.807, 2.05) is 0 Å². The molecule has 1 amide bonds. The monoisotopic (exact) mass is 319 g/mol. The molecule has 0 atom stereocenters. The third-order valence-electron chi connectivity index (χ3n) is 3.62. The van der Waals surface area contributed by atoms with Crippen LogP contribution in [0.1, 0.15) is 22.3 Å². The van der Waals surface area contributed by atoms with Gasteiger partial charge < -0.3 is 5.32 Å². The lowest BCUT2D eigenvalue weighted by molar-refractivity contribution is 0.102. The van der Waals surface area contributed by atoms with E-state index in [1.54, 1.807) is 6.07 Å². The number of carbonyl (C=O) groups excluding carboxylic acids is 1. The van der Waals surface area contributed by atoms with E-state index in [2.05, 4.69) is 5.32 Å². The second-order valence-electron chi connectivity index (χ2n) is 5.21. The molecule has 22 heavy (non-hydrogen) atoms. The van der Waals surface area contributed by atoms with Crippen LogP contribution in [0.2, 0.25) is 0 Å². The summed E-state index contributed by atoms with van der Waals surface area (Å²) in [6.45, 7) is 0. The molecule has 1 aliphatic heterocycles. The molecule has 0 saturated heterocycles. The van der Waals surface area contributed by atoms with Crippen molar-refractivity contribution in [3.05, 3.63) is 59.4 Å². The Hall–Kier alpha value is -2.21. The van der Waals surface area contributed by atoms with Crippen molar-refractivity contribution in [1.29, 1.82) is 0 Å². The van der Waals surface area contributed by atoms with E-state index in [0.717, 1.165) is 0 Å². The fourth-order valence-corrected chi connectivity index (χ4v) is 4.10. The van der Waals surface area contributed by atoms with Gasteiger partial charge in [0.05, 0.1) is 10.6 Å². The minimum Gasteiger partial charge on any atom is -0.322 e. The molecule has 114 valence electrons. The van der Waals surface area contributed by atoms with Crippen LogP contribution in [0.3, 0.4) is 0 Å². The van der Waals surface area contributed by atoms with Crippen LogP contribution >= 0.6 is 0 Å². The average molecular weight is 319 g/mol. The first kappa shape index (κ1) is 14.7. The van der Waals surface area contributed by atoms with E-state index >= 15 is 0 Å². The van der Waals surface area contributed by atoms with Crippen molar-refractivity contribution in [3.63, 3.8) is 0 Å². The Morgan fingerprint density at radius 3 is 2.55 bits per heavy atom. The number of nitrogens with one attached hydrogen (secondary N) is 1. The minimum absolute atomic E-state index is 0.154. The lowest BCUT2D eigenvalue weighted by Crippen LogP contribution is -2.18. The number of amides is 1. The highest BCUT2D eigenvalue weighted by atomic mass is 32.2. The van der Waals surface area contributed by atoms with Gasteiger partial charge in [-0.2, -0.15) is 0 Å². The Labute approximate surface area is 127 Å². The summed E-state index contributed by atoms with van der Waals surface area (Å²) < 4.78 is 36.7. The first-order chi connectivity index (χ1) is 10.5. The van der Waals surface area contributed by atoms with Gasteiger partial charge in [-0.15, -0.1) is 0 Å². The maximum atomic E-state index is 12.8. The van der Waals surface area contributed by atoms with Gasteiger partial charge in [-0.25, -0.2) is 12.8 Å². The number of carbonyl (C=O) groups is 1. The van der Waals surface area contributed by atoms with Crippen molar-refractivity contribution in [2.75, 3.05) is 11.1 Å². The highest BCUT2D eigenvalue weighted by Gasteiger charge is 2.24. The summed E-state index contributed by atoms with van der Waals surface area (Å²) in [7, 11) is -3.22. The standard InChI is InChI=1S/C16H14FNO3S/c17-13-4-6-14(7-5-13)18-16(19)12-3-8-15-11(10-12)2-1-9-22(15,20)21/h3-8,10H,1-2,9H2,(H,18,19). The average Bonchev–Trinajstić information content (AvgIpc) is 2.49. The van der Waals surface area contributed by atoms with Crippen LogP contribution in [0.4, 0.5) is 10.1 Å². The van der Waals surface area contributed by atoms with Crippen LogP contribution < -0.4 is 5.32 Å². The van der Waals surface area contributed by atoms with Gasteiger partial charge in [-0.1, -0.05) is 0 Å². The Morgan fingerprint density at radius 2 is 1.82 bits per heavy atom. The Balaban J connectivity index is 1.86. The van der Waals surface area contributed by atoms with Gasteiger partial charge in [-0.05, 0) is 60.9 Å². The maximum Gasteiger partial charge on any atom is 0.255 e. The molecule has 0 fully saturated rings. The van der Waals surface area contributed by atoms with Crippen LogP contribution in [0.15, 0.2) is 47.4 Å². The molecule has 4 nitrogen and oxygen atoms in total. The van der Waals surface area contributed by atoms with Gasteiger partial charge in [0.25, 0.3) is 5.91 Å². The molecule has 0 spiro atoms. The molecule has 2 aromatic rings. The van der Waals surface area contributed by atoms with Gasteiger partial charge in [0.2, 0.25) is 0 Å². The van der Waals surface area contributed by atoms with Crippen LogP contribution in [0.25, 0.3) is 0 Å². The van der Waals surface area contributed by atoms with Crippen molar-refractivity contribution >= 4 is 21.4 Å². The molecule has 1 heterocycles. The molecule has 0 bridgehead atoms. The number of halogens is 1. The molecule has 0 radical (unpaired) electrons. The van der Waals surface area contributed by atoms with E-state index in [4.69, 9.17) is 0 Å². The second-order valence-corrected chi connectivity index (χ2v) is 7.28. The van der Waals surface area contributed by atoms with E-state index < -0.39 is 9.84 Å². The number of hydrogen-bond donors (Lipinski definition) is 1. The number of sulfone groups is 1. The molecule has 6 heteroatoms. The smallest absolute Gasteiger partial charge is 0.255 e. The summed E-state index contributed by atoms with van der Waals surface area (Å²) in [4.78, 5) is 12.5. The lowest BCUT2D eigenvalue weighted by Gasteiger charge is -2.17. The van der Waals surface area contributed by atoms with Crippen LogP contribution in [0.5, 0.6) is 0 Å². The SMILES string of the molecule is O=C(Nc1ccc(F)cc1)c1ccc2c(c1)CCCS2(=O)=O. The highest BCUT2D eigenvalue weighted by molar-refractivity contribution is 7.91. The summed E-state index contributed by atoms with van der Waals surface area (Å²) in [6, 6.07) is 10.1. The van der Waals surface area contributed by atoms with E-state index in [1.165, 1.54) is 36.4 Å². The van der Waals surface area contributed by atoms with E-state index in [-0.39, 0.29) is 17.5 Å². The fourth-order valence-electron chi connectivity index (χ4n) is 2.52. The normalized spacial score (nSPS) is 15.9. The van der Waals surface area contributed by atoms with Crippen molar-refractivity contribution in [3.8, 4) is 0 Å². The number of anilines is 1. The van der Waals surface area contributed by atoms with Crippen molar-refractivity contribution in [2.45, 2.75) is 17.7 Å². The Morgan fingerprint density at radius 1 is 1.09 bits per heavy atom. The molecule has 0 aromatic heterocycles. The number of rotatable bonds is 2. The fraction of sp³-hybridized carbons (Fsp3) is 0.188. The van der Waals surface area contributed by atoms with Gasteiger partial charge in [0, 0.05) is 11.3 Å². The molecule has 1 aliphatic rings. The Kier molecular flexibility index (Phi) is 3.70. The van der Waals surface area contributed by atoms with Gasteiger partial charge in [0.1, 0.15) is 5.82 Å². The Bertz CT molecular complexity index is 829. The maximum absolute atomic E-state index is 12.8. The van der Waals surface area contributed by atoms with Gasteiger partial charge in [0.15, 0.2) is 9.84 Å². The molecule has 0 unspecified atom stereocenters. The molecule has 2 aromatic carbocycles. The first-order valence-corrected chi connectivity index (χ1v) is 8.53. The zero-order chi connectivity index (χ0) is 15.7. The molecule has 3 rings (SSSR count). The van der Waals surface area contributed by atoms with Crippen LogP contribution in [0, 0.1) is 5.82 Å². The van der Waals surface area contributed by atoms with E-state index in [0.29, 0.717) is 34.6 Å². The summed E-state index contributed by atoms with van der Waals surface area (Å²) in [5.74, 6) is -0.574. The highest BCUT2D eigenvalue weighted by Crippen LogP contribution is 2.26. The zero-order valence-corrected chi connectivity index (χ0v) is 12.5. The predicted molar refractivity (Wildman–Crippen MR) is 81.2 cm³/mol. The minimum atomic E-state index is -3.22. The van der Waals surface area contributed by atoms with Crippen LogP contribution in [-0.2, 0) is 16.3 Å². The topological polar surface area (TPSA) is 63.2 Å². The van der Waals surface area contributed by atoms with Crippen molar-refractivity contribution in [1.82, 2.24) is 0 Å². The van der Waals surface area contributed by atoms with Crippen molar-refractivity contribution in [2.24, 2.45) is 0 Å². The van der Waals surface area contributed by atoms with E-state index in [9.17, 15) is 17.6 Å². The third kappa shape index (κ3) is 2.87. The first-order valence-electron chi connectivity index (χ1n) is 6.88.